The normalized spacial score (nSPS) is 20.5. The van der Waals surface area contributed by atoms with Crippen molar-refractivity contribution in [3.8, 4) is 5.75 Å². The second-order valence-corrected chi connectivity index (χ2v) is 9.43. The fraction of sp³-hybridized carbons (Fsp3) is 0.429. The van der Waals surface area contributed by atoms with Crippen LogP contribution in [0, 0.1) is 11.3 Å². The molecule has 0 aliphatic carbocycles. The van der Waals surface area contributed by atoms with Crippen molar-refractivity contribution in [3.63, 3.8) is 0 Å². The third-order valence-corrected chi connectivity index (χ3v) is 7.17. The summed E-state index contributed by atoms with van der Waals surface area (Å²) in [5, 5.41) is 7.59. The Balaban J connectivity index is 1.31. The number of hydrogen-bond donors (Lipinski definition) is 2. The average Bonchev–Trinajstić information content (AvgIpc) is 3.18. The van der Waals surface area contributed by atoms with Crippen LogP contribution in [0.1, 0.15) is 42.7 Å². The van der Waals surface area contributed by atoms with Crippen molar-refractivity contribution >= 4 is 17.8 Å². The molecular formula is C28H34N4O3. The maximum absolute atomic E-state index is 12.9. The van der Waals surface area contributed by atoms with Crippen molar-refractivity contribution in [2.45, 2.75) is 44.1 Å². The summed E-state index contributed by atoms with van der Waals surface area (Å²) in [6, 6.07) is 18.4. The van der Waals surface area contributed by atoms with Crippen LogP contribution in [-0.2, 0) is 16.0 Å². The molecule has 2 aliphatic rings. The molecule has 4 rings (SSSR count). The number of aryl methyl sites for hydroxylation is 1. The summed E-state index contributed by atoms with van der Waals surface area (Å²) in [5.74, 6) is 2.76. The van der Waals surface area contributed by atoms with Gasteiger partial charge in [0.2, 0.25) is 5.91 Å². The summed E-state index contributed by atoms with van der Waals surface area (Å²) < 4.78 is 6.09. The van der Waals surface area contributed by atoms with Gasteiger partial charge in [0.25, 0.3) is 0 Å². The fourth-order valence-corrected chi connectivity index (χ4v) is 5.17. The van der Waals surface area contributed by atoms with Crippen LogP contribution in [0.5, 0.6) is 5.75 Å². The molecule has 0 radical (unpaired) electrons. The zero-order chi connectivity index (χ0) is 24.6. The maximum Gasteiger partial charge on any atom is 0.230 e. The number of carbonyl (C=O) groups excluding carboxylic acids is 2. The lowest BCUT2D eigenvalue weighted by Crippen LogP contribution is -2.41. The second-order valence-electron chi connectivity index (χ2n) is 9.43. The number of piperidine rings is 1. The zero-order valence-corrected chi connectivity index (χ0v) is 20.1. The molecular weight excluding hydrogens is 440 g/mol. The van der Waals surface area contributed by atoms with E-state index in [2.05, 4.69) is 24.3 Å². The highest BCUT2D eigenvalue weighted by Gasteiger charge is 2.38. The van der Waals surface area contributed by atoms with Crippen LogP contribution in [-0.4, -0.2) is 59.9 Å². The van der Waals surface area contributed by atoms with Crippen LogP contribution >= 0.6 is 0 Å². The Morgan fingerprint density at radius 2 is 1.83 bits per heavy atom. The first-order chi connectivity index (χ1) is 17.0. The number of rotatable bonds is 9. The molecule has 2 aliphatic heterocycles. The van der Waals surface area contributed by atoms with E-state index in [-0.39, 0.29) is 17.9 Å². The van der Waals surface area contributed by atoms with Crippen LogP contribution in [0.15, 0.2) is 60.7 Å². The molecule has 2 aromatic rings. The Bertz CT molecular complexity index is 1040. The highest BCUT2D eigenvalue weighted by molar-refractivity contribution is 5.84. The lowest BCUT2D eigenvalue weighted by molar-refractivity contribution is -0.131. The van der Waals surface area contributed by atoms with E-state index >= 15 is 0 Å². The molecule has 7 nitrogen and oxygen atoms in total. The second kappa shape index (κ2) is 11.7. The van der Waals surface area contributed by atoms with Crippen LogP contribution in [0.4, 0.5) is 0 Å². The van der Waals surface area contributed by atoms with E-state index in [0.29, 0.717) is 25.5 Å². The van der Waals surface area contributed by atoms with Gasteiger partial charge >= 0.3 is 0 Å². The van der Waals surface area contributed by atoms with Crippen LogP contribution < -0.4 is 10.5 Å². The zero-order valence-electron chi connectivity index (χ0n) is 20.1. The summed E-state index contributed by atoms with van der Waals surface area (Å²) in [6.07, 6.45) is 5.64. The van der Waals surface area contributed by atoms with Crippen molar-refractivity contribution < 1.29 is 14.3 Å². The van der Waals surface area contributed by atoms with Gasteiger partial charge in [0.1, 0.15) is 18.3 Å². The average molecular weight is 475 g/mol. The van der Waals surface area contributed by atoms with Crippen molar-refractivity contribution in [2.75, 3.05) is 26.2 Å². The van der Waals surface area contributed by atoms with Gasteiger partial charge in [0.05, 0.1) is 12.0 Å². The molecule has 7 heteroatoms. The quantitative estimate of drug-likeness (QED) is 0.330. The van der Waals surface area contributed by atoms with Crippen LogP contribution in [0.25, 0.3) is 0 Å². The first kappa shape index (κ1) is 24.6. The number of amides is 1. The molecule has 2 saturated heterocycles. The van der Waals surface area contributed by atoms with E-state index in [1.807, 2.05) is 40.1 Å². The molecule has 0 aromatic heterocycles. The highest BCUT2D eigenvalue weighted by Crippen LogP contribution is 2.30. The Morgan fingerprint density at radius 3 is 2.49 bits per heavy atom. The van der Waals surface area contributed by atoms with Crippen LogP contribution in [0.2, 0.25) is 0 Å². The van der Waals surface area contributed by atoms with E-state index in [0.717, 1.165) is 44.5 Å². The van der Waals surface area contributed by atoms with E-state index in [9.17, 15) is 9.59 Å². The molecule has 184 valence electrons. The third kappa shape index (κ3) is 6.31. The summed E-state index contributed by atoms with van der Waals surface area (Å²) in [5.41, 5.74) is 8.13. The van der Waals surface area contributed by atoms with Crippen molar-refractivity contribution in [1.29, 1.82) is 5.41 Å². The number of likely N-dealkylation sites (tertiary alicyclic amines) is 2. The SMILES string of the molecule is N=C(N)N1CCC(c2ccc(OC[C@@H]3C[C@@H](C=C=O)C(=O)N3CCCc3ccccc3)cc2)CC1. The topological polar surface area (TPSA) is 99.7 Å². The summed E-state index contributed by atoms with van der Waals surface area (Å²) in [7, 11) is 0. The molecule has 0 spiro atoms. The van der Waals surface area contributed by atoms with Gasteiger partial charge in [-0.1, -0.05) is 42.5 Å². The van der Waals surface area contributed by atoms with E-state index in [1.54, 1.807) is 5.94 Å². The van der Waals surface area contributed by atoms with Gasteiger partial charge in [0.15, 0.2) is 5.96 Å². The molecule has 2 aromatic carbocycles. The lowest BCUT2D eigenvalue weighted by Gasteiger charge is -2.32. The van der Waals surface area contributed by atoms with Crippen LogP contribution in [0.3, 0.4) is 0 Å². The third-order valence-electron chi connectivity index (χ3n) is 7.17. The van der Waals surface area contributed by atoms with Crippen molar-refractivity contribution in [1.82, 2.24) is 9.80 Å². The first-order valence-corrected chi connectivity index (χ1v) is 12.4. The van der Waals surface area contributed by atoms with Gasteiger partial charge in [-0.25, -0.2) is 4.79 Å². The van der Waals surface area contributed by atoms with Gasteiger partial charge in [-0.15, -0.1) is 0 Å². The highest BCUT2D eigenvalue weighted by atomic mass is 16.5. The smallest absolute Gasteiger partial charge is 0.230 e. The largest absolute Gasteiger partial charge is 0.491 e. The van der Waals surface area contributed by atoms with E-state index in [1.165, 1.54) is 17.2 Å². The Kier molecular flexibility index (Phi) is 8.22. The predicted octanol–water partition coefficient (Wildman–Crippen LogP) is 3.38. The van der Waals surface area contributed by atoms with Gasteiger partial charge in [-0.2, -0.15) is 0 Å². The minimum absolute atomic E-state index is 0.0118. The maximum atomic E-state index is 12.9. The van der Waals surface area contributed by atoms with Gasteiger partial charge in [0, 0.05) is 25.7 Å². The molecule has 0 saturated carbocycles. The summed E-state index contributed by atoms with van der Waals surface area (Å²) in [6.45, 7) is 2.66. The first-order valence-electron chi connectivity index (χ1n) is 12.4. The lowest BCUT2D eigenvalue weighted by atomic mass is 9.89. The van der Waals surface area contributed by atoms with Gasteiger partial charge in [-0.3, -0.25) is 10.2 Å². The molecule has 2 heterocycles. The molecule has 3 N–H and O–H groups in total. The van der Waals surface area contributed by atoms with Crippen molar-refractivity contribution in [3.05, 3.63) is 71.8 Å². The minimum Gasteiger partial charge on any atom is -0.491 e. The number of nitrogens with zero attached hydrogens (tertiary/aromatic N) is 2. The number of benzene rings is 2. The van der Waals surface area contributed by atoms with Crippen molar-refractivity contribution in [2.24, 2.45) is 11.7 Å². The number of nitrogens with two attached hydrogens (primary N) is 1. The Hall–Kier alpha value is -3.57. The minimum atomic E-state index is -0.416. The van der Waals surface area contributed by atoms with Gasteiger partial charge < -0.3 is 20.3 Å². The molecule has 35 heavy (non-hydrogen) atoms. The number of ether oxygens (including phenoxy) is 1. The standard InChI is InChI=1S/C28H34N4O3/c29-28(30)31-16-12-23(13-17-31)22-8-10-26(11-9-22)35-20-25-19-24(14-18-33)27(34)32(25)15-4-7-21-5-2-1-3-6-21/h1-3,5-6,8-11,14,23-25H,4,7,12-13,15-17,19-20H2,(H3,29,30)/t24-,25+/m1/s1. The van der Waals surface area contributed by atoms with E-state index in [4.69, 9.17) is 15.9 Å². The fourth-order valence-electron chi connectivity index (χ4n) is 5.17. The molecule has 2 fully saturated rings. The predicted molar refractivity (Wildman–Crippen MR) is 136 cm³/mol. The summed E-state index contributed by atoms with van der Waals surface area (Å²) >= 11 is 0. The van der Waals surface area contributed by atoms with Gasteiger partial charge in [-0.05, 0) is 61.3 Å². The molecule has 1 amide bonds. The Morgan fingerprint density at radius 1 is 1.11 bits per heavy atom. The Labute approximate surface area is 207 Å². The van der Waals surface area contributed by atoms with E-state index < -0.39 is 5.92 Å². The molecule has 0 bridgehead atoms. The monoisotopic (exact) mass is 474 g/mol. The molecule has 2 atom stereocenters. The number of hydrogen-bond acceptors (Lipinski definition) is 4. The number of nitrogens with one attached hydrogen (secondary N) is 1. The number of guanidine groups is 1. The summed E-state index contributed by atoms with van der Waals surface area (Å²) in [4.78, 5) is 27.6. The number of carbonyl (C=O) groups is 1. The molecule has 0 unspecified atom stereocenters.